The predicted molar refractivity (Wildman–Crippen MR) is 100 cm³/mol. The highest BCUT2D eigenvalue weighted by Crippen LogP contribution is 2.25. The summed E-state index contributed by atoms with van der Waals surface area (Å²) in [6.45, 7) is 9.23. The summed E-state index contributed by atoms with van der Waals surface area (Å²) in [5, 5.41) is 4.34. The zero-order valence-corrected chi connectivity index (χ0v) is 15.6. The summed E-state index contributed by atoms with van der Waals surface area (Å²) in [4.78, 5) is 19.5. The van der Waals surface area contributed by atoms with Crippen molar-refractivity contribution in [3.63, 3.8) is 0 Å². The number of carbonyl (C=O) groups is 1. The monoisotopic (exact) mass is 345 g/mol. The highest BCUT2D eigenvalue weighted by molar-refractivity contribution is 7.18. The topological polar surface area (TPSA) is 45.2 Å². The third kappa shape index (κ3) is 4.14. The van der Waals surface area contributed by atoms with Gasteiger partial charge in [-0.25, -0.2) is 4.98 Å². The van der Waals surface area contributed by atoms with Crippen LogP contribution >= 0.6 is 11.3 Å². The summed E-state index contributed by atoms with van der Waals surface area (Å²) >= 11 is 1.78. The number of aromatic nitrogens is 1. The number of piperidine rings is 1. The fourth-order valence-electron chi connectivity index (χ4n) is 3.04. The largest absolute Gasteiger partial charge is 0.353 e. The number of thiazole rings is 1. The Balaban J connectivity index is 1.50. The maximum atomic E-state index is 12.4. The van der Waals surface area contributed by atoms with Gasteiger partial charge in [0.25, 0.3) is 0 Å². The van der Waals surface area contributed by atoms with Gasteiger partial charge in [0.1, 0.15) is 5.01 Å². The summed E-state index contributed by atoms with van der Waals surface area (Å²) in [7, 11) is 0. The van der Waals surface area contributed by atoms with E-state index in [1.165, 1.54) is 9.71 Å². The average molecular weight is 346 g/mol. The molecule has 4 nitrogen and oxygen atoms in total. The van der Waals surface area contributed by atoms with Gasteiger partial charge < -0.3 is 5.32 Å². The zero-order valence-electron chi connectivity index (χ0n) is 14.8. The molecule has 1 aromatic carbocycles. The minimum atomic E-state index is 0.165. The predicted octanol–water partition coefficient (Wildman–Crippen LogP) is 3.67. The molecule has 3 rings (SSSR count). The van der Waals surface area contributed by atoms with E-state index in [9.17, 15) is 4.79 Å². The SMILES string of the molecule is CC(C)C(C)NC(=O)C1CCN(Cc2nc3ccccc3s2)CC1. The van der Waals surface area contributed by atoms with Crippen molar-refractivity contribution in [1.82, 2.24) is 15.2 Å². The number of carbonyl (C=O) groups excluding carboxylic acids is 1. The lowest BCUT2D eigenvalue weighted by Crippen LogP contribution is -2.44. The zero-order chi connectivity index (χ0) is 17.1. The van der Waals surface area contributed by atoms with Crippen molar-refractivity contribution in [1.29, 1.82) is 0 Å². The molecule has 0 radical (unpaired) electrons. The first-order valence-corrected chi connectivity index (χ1v) is 9.71. The fraction of sp³-hybridized carbons (Fsp3) is 0.579. The first-order valence-electron chi connectivity index (χ1n) is 8.90. The molecule has 1 aliphatic rings. The van der Waals surface area contributed by atoms with Gasteiger partial charge in [0.15, 0.2) is 0 Å². The second-order valence-electron chi connectivity index (χ2n) is 7.17. The van der Waals surface area contributed by atoms with Gasteiger partial charge in [-0.05, 0) is 50.9 Å². The molecule has 1 unspecified atom stereocenters. The van der Waals surface area contributed by atoms with Crippen molar-refractivity contribution < 1.29 is 4.79 Å². The third-order valence-corrected chi connectivity index (χ3v) is 6.05. The van der Waals surface area contributed by atoms with E-state index in [4.69, 9.17) is 4.98 Å². The van der Waals surface area contributed by atoms with Crippen molar-refractivity contribution in [3.05, 3.63) is 29.3 Å². The number of hydrogen-bond donors (Lipinski definition) is 1. The van der Waals surface area contributed by atoms with Gasteiger partial charge in [-0.2, -0.15) is 0 Å². The second-order valence-corrected chi connectivity index (χ2v) is 8.28. The van der Waals surface area contributed by atoms with E-state index in [-0.39, 0.29) is 17.9 Å². The van der Waals surface area contributed by atoms with E-state index in [0.29, 0.717) is 5.92 Å². The van der Waals surface area contributed by atoms with Crippen LogP contribution in [0.2, 0.25) is 0 Å². The van der Waals surface area contributed by atoms with E-state index < -0.39 is 0 Å². The number of benzene rings is 1. The average Bonchev–Trinajstić information content (AvgIpc) is 2.97. The Morgan fingerprint density at radius 3 is 2.67 bits per heavy atom. The van der Waals surface area contributed by atoms with Crippen molar-refractivity contribution in [2.45, 2.75) is 46.2 Å². The van der Waals surface area contributed by atoms with E-state index in [1.54, 1.807) is 11.3 Å². The molecule has 0 spiro atoms. The first-order chi connectivity index (χ1) is 11.5. The Morgan fingerprint density at radius 2 is 2.00 bits per heavy atom. The van der Waals surface area contributed by atoms with Crippen molar-refractivity contribution in [3.8, 4) is 0 Å². The van der Waals surface area contributed by atoms with E-state index in [2.05, 4.69) is 49.2 Å². The van der Waals surface area contributed by atoms with Crippen LogP contribution in [0.4, 0.5) is 0 Å². The standard InChI is InChI=1S/C19H27N3OS/c1-13(2)14(3)20-19(23)15-8-10-22(11-9-15)12-18-21-16-6-4-5-7-17(16)24-18/h4-7,13-15H,8-12H2,1-3H3,(H,20,23). The van der Waals surface area contributed by atoms with Crippen LogP contribution in [0.5, 0.6) is 0 Å². The Kier molecular flexibility index (Phi) is 5.51. The molecule has 1 saturated heterocycles. The molecular weight excluding hydrogens is 318 g/mol. The molecule has 2 aromatic rings. The fourth-order valence-corrected chi connectivity index (χ4v) is 4.05. The minimum absolute atomic E-state index is 0.165. The van der Waals surface area contributed by atoms with Crippen molar-refractivity contribution in [2.75, 3.05) is 13.1 Å². The summed E-state index contributed by atoms with van der Waals surface area (Å²) < 4.78 is 1.25. The number of fused-ring (bicyclic) bond motifs is 1. The molecule has 5 heteroatoms. The second kappa shape index (κ2) is 7.62. The van der Waals surface area contributed by atoms with E-state index >= 15 is 0 Å². The Morgan fingerprint density at radius 1 is 1.29 bits per heavy atom. The molecule has 1 aliphatic heterocycles. The summed E-state index contributed by atoms with van der Waals surface area (Å²) in [5.74, 6) is 0.877. The van der Waals surface area contributed by atoms with Crippen LogP contribution in [0.1, 0.15) is 38.6 Å². The molecule has 1 amide bonds. The molecule has 1 N–H and O–H groups in total. The Labute approximate surface area is 148 Å². The van der Waals surface area contributed by atoms with Crippen molar-refractivity contribution in [2.24, 2.45) is 11.8 Å². The number of rotatable bonds is 5. The smallest absolute Gasteiger partial charge is 0.223 e. The number of para-hydroxylation sites is 1. The Bertz CT molecular complexity index is 656. The third-order valence-electron chi connectivity index (χ3n) is 5.03. The number of amides is 1. The summed E-state index contributed by atoms with van der Waals surface area (Å²) in [5.41, 5.74) is 1.09. The van der Waals surface area contributed by atoms with Gasteiger partial charge in [-0.15, -0.1) is 11.3 Å². The lowest BCUT2D eigenvalue weighted by molar-refractivity contribution is -0.127. The molecule has 1 aromatic heterocycles. The number of likely N-dealkylation sites (tertiary alicyclic amines) is 1. The van der Waals surface area contributed by atoms with Crippen LogP contribution in [-0.2, 0) is 11.3 Å². The van der Waals surface area contributed by atoms with Gasteiger partial charge in [0.05, 0.1) is 16.8 Å². The van der Waals surface area contributed by atoms with Crippen molar-refractivity contribution >= 4 is 27.5 Å². The molecule has 1 fully saturated rings. The highest BCUT2D eigenvalue weighted by atomic mass is 32.1. The van der Waals surface area contributed by atoms with Crippen LogP contribution in [0.25, 0.3) is 10.2 Å². The quantitative estimate of drug-likeness (QED) is 0.899. The minimum Gasteiger partial charge on any atom is -0.353 e. The molecule has 0 saturated carbocycles. The maximum absolute atomic E-state index is 12.4. The van der Waals surface area contributed by atoms with Crippen LogP contribution in [0, 0.1) is 11.8 Å². The first kappa shape index (κ1) is 17.4. The van der Waals surface area contributed by atoms with Crippen LogP contribution in [0.3, 0.4) is 0 Å². The highest BCUT2D eigenvalue weighted by Gasteiger charge is 2.26. The molecule has 130 valence electrons. The normalized spacial score (nSPS) is 18.2. The Hall–Kier alpha value is -1.46. The van der Waals surface area contributed by atoms with Crippen LogP contribution < -0.4 is 5.32 Å². The van der Waals surface area contributed by atoms with Crippen LogP contribution in [0.15, 0.2) is 24.3 Å². The lowest BCUT2D eigenvalue weighted by atomic mass is 9.95. The molecular formula is C19H27N3OS. The van der Waals surface area contributed by atoms with Gasteiger partial charge >= 0.3 is 0 Å². The maximum Gasteiger partial charge on any atom is 0.223 e. The van der Waals surface area contributed by atoms with Gasteiger partial charge in [0, 0.05) is 12.0 Å². The van der Waals surface area contributed by atoms with Gasteiger partial charge in [-0.3, -0.25) is 9.69 Å². The molecule has 0 bridgehead atoms. The lowest BCUT2D eigenvalue weighted by Gasteiger charge is -2.31. The van der Waals surface area contributed by atoms with Gasteiger partial charge in [-0.1, -0.05) is 26.0 Å². The summed E-state index contributed by atoms with van der Waals surface area (Å²) in [6.07, 6.45) is 1.89. The number of hydrogen-bond acceptors (Lipinski definition) is 4. The molecule has 24 heavy (non-hydrogen) atoms. The number of nitrogens with one attached hydrogen (secondary N) is 1. The van der Waals surface area contributed by atoms with Gasteiger partial charge in [0.2, 0.25) is 5.91 Å². The molecule has 2 heterocycles. The molecule has 0 aliphatic carbocycles. The van der Waals surface area contributed by atoms with E-state index in [0.717, 1.165) is 38.0 Å². The number of nitrogens with zero attached hydrogens (tertiary/aromatic N) is 2. The van der Waals surface area contributed by atoms with E-state index in [1.807, 2.05) is 6.07 Å². The molecule has 1 atom stereocenters. The summed E-state index contributed by atoms with van der Waals surface area (Å²) in [6, 6.07) is 8.55. The van der Waals surface area contributed by atoms with Crippen LogP contribution in [-0.4, -0.2) is 34.9 Å².